The summed E-state index contributed by atoms with van der Waals surface area (Å²) in [6, 6.07) is 16.2. The highest BCUT2D eigenvalue weighted by Crippen LogP contribution is 2.09. The van der Waals surface area contributed by atoms with E-state index in [1.54, 1.807) is 24.3 Å². The topological polar surface area (TPSA) is 67.4 Å². The molecule has 5 nitrogen and oxygen atoms in total. The lowest BCUT2D eigenvalue weighted by atomic mass is 10.2. The molecule has 0 radical (unpaired) electrons. The minimum Gasteiger partial charge on any atom is -0.445 e. The first-order valence-electron chi connectivity index (χ1n) is 6.98. The molecule has 2 N–H and O–H groups in total. The van der Waals surface area contributed by atoms with E-state index in [0.29, 0.717) is 11.3 Å². The first-order valence-corrected chi connectivity index (χ1v) is 6.98. The number of alkyl carbamates (subject to hydrolysis) is 1. The summed E-state index contributed by atoms with van der Waals surface area (Å²) < 4.78 is 5.01. The Labute approximate surface area is 134 Å². The van der Waals surface area contributed by atoms with Gasteiger partial charge >= 0.3 is 6.09 Å². The molecule has 0 saturated carbocycles. The van der Waals surface area contributed by atoms with Crippen LogP contribution in [0, 0.1) is 12.3 Å². The molecule has 0 aliphatic heterocycles. The quantitative estimate of drug-likeness (QED) is 0.834. The average molecular weight is 308 g/mol. The van der Waals surface area contributed by atoms with E-state index in [-0.39, 0.29) is 19.1 Å². The summed E-state index contributed by atoms with van der Waals surface area (Å²) in [5, 5.41) is 5.03. The molecule has 23 heavy (non-hydrogen) atoms. The molecule has 0 aliphatic carbocycles. The number of carbonyl (C=O) groups excluding carboxylic acids is 2. The number of hydrogen-bond acceptors (Lipinski definition) is 3. The van der Waals surface area contributed by atoms with Gasteiger partial charge in [0.25, 0.3) is 0 Å². The van der Waals surface area contributed by atoms with E-state index in [9.17, 15) is 9.59 Å². The van der Waals surface area contributed by atoms with Crippen molar-refractivity contribution in [3.63, 3.8) is 0 Å². The molecule has 2 aromatic rings. The minimum atomic E-state index is -0.652. The SMILES string of the molecule is C#Cc1cccc(NC(=O)CNC(=O)OCc2ccccc2)c1. The Hall–Kier alpha value is -3.26. The van der Waals surface area contributed by atoms with Crippen molar-refractivity contribution < 1.29 is 14.3 Å². The van der Waals surface area contributed by atoms with Gasteiger partial charge in [-0.05, 0) is 23.8 Å². The number of ether oxygens (including phenoxy) is 1. The van der Waals surface area contributed by atoms with Crippen molar-refractivity contribution in [2.75, 3.05) is 11.9 Å². The molecule has 5 heteroatoms. The van der Waals surface area contributed by atoms with Crippen molar-refractivity contribution in [2.45, 2.75) is 6.61 Å². The van der Waals surface area contributed by atoms with E-state index in [1.807, 2.05) is 30.3 Å². The predicted molar refractivity (Wildman–Crippen MR) is 87.6 cm³/mol. The second-order valence-corrected chi connectivity index (χ2v) is 4.69. The van der Waals surface area contributed by atoms with Crippen molar-refractivity contribution in [1.82, 2.24) is 5.32 Å². The summed E-state index contributed by atoms with van der Waals surface area (Å²) in [5.41, 5.74) is 2.11. The zero-order valence-corrected chi connectivity index (χ0v) is 12.4. The monoisotopic (exact) mass is 308 g/mol. The highest BCUT2D eigenvalue weighted by atomic mass is 16.5. The smallest absolute Gasteiger partial charge is 0.407 e. The van der Waals surface area contributed by atoms with E-state index in [0.717, 1.165) is 5.56 Å². The van der Waals surface area contributed by atoms with E-state index in [2.05, 4.69) is 16.6 Å². The number of anilines is 1. The van der Waals surface area contributed by atoms with E-state index >= 15 is 0 Å². The molecule has 116 valence electrons. The number of terminal acetylenes is 1. The van der Waals surface area contributed by atoms with Crippen molar-refractivity contribution in [3.05, 3.63) is 65.7 Å². The van der Waals surface area contributed by atoms with Crippen LogP contribution in [0.15, 0.2) is 54.6 Å². The molecule has 0 atom stereocenters. The van der Waals surface area contributed by atoms with Gasteiger partial charge in [-0.25, -0.2) is 4.79 Å². The van der Waals surface area contributed by atoms with Crippen LogP contribution in [0.4, 0.5) is 10.5 Å². The standard InChI is InChI=1S/C18H16N2O3/c1-2-14-9-6-10-16(11-14)20-17(21)12-19-18(22)23-13-15-7-4-3-5-8-15/h1,3-11H,12-13H2,(H,19,22)(H,20,21). The van der Waals surface area contributed by atoms with Crippen LogP contribution < -0.4 is 10.6 Å². The van der Waals surface area contributed by atoms with Crippen LogP contribution in [0.3, 0.4) is 0 Å². The van der Waals surface area contributed by atoms with Crippen molar-refractivity contribution in [1.29, 1.82) is 0 Å². The number of hydrogen-bond donors (Lipinski definition) is 2. The number of benzene rings is 2. The maximum absolute atomic E-state index is 11.8. The zero-order chi connectivity index (χ0) is 16.5. The lowest BCUT2D eigenvalue weighted by Gasteiger charge is -2.08. The maximum atomic E-state index is 11.8. The van der Waals surface area contributed by atoms with Gasteiger partial charge in [-0.2, -0.15) is 0 Å². The summed E-state index contributed by atoms with van der Waals surface area (Å²) in [7, 11) is 0. The third kappa shape index (κ3) is 5.56. The predicted octanol–water partition coefficient (Wildman–Crippen LogP) is 2.53. The van der Waals surface area contributed by atoms with Crippen molar-refractivity contribution in [2.24, 2.45) is 0 Å². The normalized spacial score (nSPS) is 9.52. The zero-order valence-electron chi connectivity index (χ0n) is 12.4. The Bertz CT molecular complexity index is 721. The van der Waals surface area contributed by atoms with Crippen molar-refractivity contribution >= 4 is 17.7 Å². The molecule has 0 aromatic heterocycles. The van der Waals surface area contributed by atoms with Crippen LogP contribution in [-0.4, -0.2) is 18.5 Å². The molecule has 2 rings (SSSR count). The van der Waals surface area contributed by atoms with E-state index in [1.165, 1.54) is 0 Å². The molecule has 0 saturated heterocycles. The molecular weight excluding hydrogens is 292 g/mol. The molecule has 2 aromatic carbocycles. The van der Waals surface area contributed by atoms with Crippen LogP contribution >= 0.6 is 0 Å². The molecule has 0 heterocycles. The molecular formula is C18H16N2O3. The van der Waals surface area contributed by atoms with Gasteiger partial charge in [0.2, 0.25) is 5.91 Å². The van der Waals surface area contributed by atoms with Gasteiger partial charge in [-0.15, -0.1) is 6.42 Å². The molecule has 0 spiro atoms. The number of nitrogens with one attached hydrogen (secondary N) is 2. The van der Waals surface area contributed by atoms with Gasteiger partial charge in [0, 0.05) is 11.3 Å². The molecule has 0 aliphatic rings. The fourth-order valence-corrected chi connectivity index (χ4v) is 1.82. The van der Waals surface area contributed by atoms with Crippen molar-refractivity contribution in [3.8, 4) is 12.3 Å². The van der Waals surface area contributed by atoms with Gasteiger partial charge in [0.1, 0.15) is 13.2 Å². The molecule has 0 unspecified atom stereocenters. The highest BCUT2D eigenvalue weighted by molar-refractivity contribution is 5.93. The van der Waals surface area contributed by atoms with Crippen LogP contribution in [0.1, 0.15) is 11.1 Å². The highest BCUT2D eigenvalue weighted by Gasteiger charge is 2.07. The fourth-order valence-electron chi connectivity index (χ4n) is 1.82. The average Bonchev–Trinajstić information content (AvgIpc) is 2.59. The molecule has 2 amide bonds. The summed E-state index contributed by atoms with van der Waals surface area (Å²) in [6.07, 6.45) is 4.64. The van der Waals surface area contributed by atoms with Crippen LogP contribution in [0.25, 0.3) is 0 Å². The Morgan fingerprint density at radius 3 is 2.61 bits per heavy atom. The second-order valence-electron chi connectivity index (χ2n) is 4.69. The van der Waals surface area contributed by atoms with E-state index in [4.69, 9.17) is 11.2 Å². The van der Waals surface area contributed by atoms with E-state index < -0.39 is 6.09 Å². The van der Waals surface area contributed by atoms with Gasteiger partial charge in [0.05, 0.1) is 0 Å². The van der Waals surface area contributed by atoms with Crippen LogP contribution in [0.2, 0.25) is 0 Å². The number of carbonyl (C=O) groups is 2. The Balaban J connectivity index is 1.73. The first-order chi connectivity index (χ1) is 11.2. The lowest BCUT2D eigenvalue weighted by molar-refractivity contribution is -0.115. The van der Waals surface area contributed by atoms with Gasteiger partial charge in [0.15, 0.2) is 0 Å². The summed E-state index contributed by atoms with van der Waals surface area (Å²) in [5.74, 6) is 2.12. The number of amides is 2. The Morgan fingerprint density at radius 2 is 1.87 bits per heavy atom. The third-order valence-corrected chi connectivity index (χ3v) is 2.92. The summed E-state index contributed by atoms with van der Waals surface area (Å²) in [6.45, 7) is -0.0353. The second kappa shape index (κ2) is 8.25. The summed E-state index contributed by atoms with van der Waals surface area (Å²) in [4.78, 5) is 23.3. The maximum Gasteiger partial charge on any atom is 0.407 e. The fraction of sp³-hybridized carbons (Fsp3) is 0.111. The van der Waals surface area contributed by atoms with Crippen LogP contribution in [0.5, 0.6) is 0 Å². The lowest BCUT2D eigenvalue weighted by Crippen LogP contribution is -2.33. The minimum absolute atomic E-state index is 0.151. The third-order valence-electron chi connectivity index (χ3n) is 2.92. The first kappa shape index (κ1) is 16.1. The molecule has 0 fully saturated rings. The number of rotatable bonds is 5. The molecule has 0 bridgehead atoms. The Morgan fingerprint density at radius 1 is 1.09 bits per heavy atom. The summed E-state index contributed by atoms with van der Waals surface area (Å²) >= 11 is 0. The largest absolute Gasteiger partial charge is 0.445 e. The van der Waals surface area contributed by atoms with Gasteiger partial charge in [-0.3, -0.25) is 4.79 Å². The van der Waals surface area contributed by atoms with Crippen LogP contribution in [-0.2, 0) is 16.1 Å². The van der Waals surface area contributed by atoms with Gasteiger partial charge < -0.3 is 15.4 Å². The Kier molecular flexibility index (Phi) is 5.78. The van der Waals surface area contributed by atoms with Gasteiger partial charge in [-0.1, -0.05) is 42.3 Å².